The van der Waals surface area contributed by atoms with Crippen LogP contribution in [0.5, 0.6) is 5.75 Å². The van der Waals surface area contributed by atoms with Crippen LogP contribution in [0.3, 0.4) is 0 Å². The van der Waals surface area contributed by atoms with E-state index in [2.05, 4.69) is 15.0 Å². The molecule has 0 spiro atoms. The molecule has 3 heterocycles. The predicted molar refractivity (Wildman–Crippen MR) is 163 cm³/mol. The molecule has 226 valence electrons. The van der Waals surface area contributed by atoms with Crippen LogP contribution in [0.25, 0.3) is 22.2 Å². The van der Waals surface area contributed by atoms with Crippen LogP contribution < -0.4 is 9.72 Å². The summed E-state index contributed by atoms with van der Waals surface area (Å²) in [5, 5.41) is 0.414. The standard InChI is InChI=1S/C33H31F2N3O5Si/c1-33(2)42-18-24(43-33)17-41-23-10-8-21(9-11-23)22-14-25-26(16-37-32(25)36-15-22)31(39)29-27(34)12-13-28(30(29)35)38-44(40)19-20-6-4-3-5-7-20/h3-6,8-16,20,24,38H,7,17-19H2,1-2H3,(H,36,37). The summed E-state index contributed by atoms with van der Waals surface area (Å²) < 4.78 is 60.5. The molecular formula is C33H31F2N3O5Si. The zero-order valence-corrected chi connectivity index (χ0v) is 25.2. The Labute approximate surface area is 254 Å². The van der Waals surface area contributed by atoms with Gasteiger partial charge >= 0.3 is 8.84 Å². The van der Waals surface area contributed by atoms with E-state index in [9.17, 15) is 13.6 Å². The fourth-order valence-electron chi connectivity index (χ4n) is 5.34. The van der Waals surface area contributed by atoms with Crippen LogP contribution in [-0.4, -0.2) is 49.7 Å². The first-order valence-corrected chi connectivity index (χ1v) is 16.0. The summed E-state index contributed by atoms with van der Waals surface area (Å²) in [7, 11) is -2.45. The molecule has 2 aromatic heterocycles. The number of pyridine rings is 1. The molecule has 0 radical (unpaired) electrons. The summed E-state index contributed by atoms with van der Waals surface area (Å²) >= 11 is 0. The van der Waals surface area contributed by atoms with Crippen molar-refractivity contribution in [1.82, 2.24) is 9.97 Å². The Morgan fingerprint density at radius 3 is 2.70 bits per heavy atom. The lowest BCUT2D eigenvalue weighted by Crippen LogP contribution is -2.25. The van der Waals surface area contributed by atoms with E-state index in [1.54, 1.807) is 12.3 Å². The van der Waals surface area contributed by atoms with Crippen molar-refractivity contribution in [2.24, 2.45) is 5.92 Å². The summed E-state index contributed by atoms with van der Waals surface area (Å²) in [5.74, 6) is -2.84. The number of carbonyl (C=O) groups is 1. The van der Waals surface area contributed by atoms with E-state index in [4.69, 9.17) is 14.2 Å². The zero-order valence-electron chi connectivity index (χ0n) is 24.2. The van der Waals surface area contributed by atoms with Crippen LogP contribution in [0.4, 0.5) is 14.5 Å². The number of ether oxygens (including phenoxy) is 3. The van der Waals surface area contributed by atoms with Gasteiger partial charge in [-0.05, 0) is 62.1 Å². The van der Waals surface area contributed by atoms with Crippen molar-refractivity contribution in [3.63, 3.8) is 0 Å². The van der Waals surface area contributed by atoms with Crippen LogP contribution in [0, 0.1) is 17.6 Å². The highest BCUT2D eigenvalue weighted by molar-refractivity contribution is 6.47. The number of hydrogen-bond donors (Lipinski definition) is 2. The number of nitrogens with zero attached hydrogens (tertiary/aromatic N) is 1. The first-order valence-electron chi connectivity index (χ1n) is 14.3. The van der Waals surface area contributed by atoms with E-state index >= 15 is 4.39 Å². The first kappa shape index (κ1) is 29.7. The normalized spacial score (nSPS) is 18.9. The van der Waals surface area contributed by atoms with Gasteiger partial charge in [-0.1, -0.05) is 36.4 Å². The molecule has 2 unspecified atom stereocenters. The number of hydrogen-bond acceptors (Lipinski definition) is 6. The maximum atomic E-state index is 15.6. The average Bonchev–Trinajstić information content (AvgIpc) is 3.60. The second kappa shape index (κ2) is 12.3. The molecule has 4 aromatic rings. The number of benzene rings is 2. The Morgan fingerprint density at radius 1 is 1.16 bits per heavy atom. The van der Waals surface area contributed by atoms with Crippen LogP contribution >= 0.6 is 0 Å². The predicted octanol–water partition coefficient (Wildman–Crippen LogP) is 6.73. The molecule has 2 atom stereocenters. The maximum absolute atomic E-state index is 15.6. The van der Waals surface area contributed by atoms with Crippen molar-refractivity contribution in [2.75, 3.05) is 18.2 Å². The molecule has 2 N–H and O–H groups in total. The molecular weight excluding hydrogens is 584 g/mol. The number of H-pyrrole nitrogens is 1. The highest BCUT2D eigenvalue weighted by atomic mass is 28.3. The Balaban J connectivity index is 1.19. The molecule has 11 heteroatoms. The number of aromatic amines is 1. The molecule has 0 amide bonds. The van der Waals surface area contributed by atoms with Gasteiger partial charge in [0.2, 0.25) is 5.78 Å². The monoisotopic (exact) mass is 615 g/mol. The van der Waals surface area contributed by atoms with Crippen LogP contribution in [0.15, 0.2) is 79.2 Å². The maximum Gasteiger partial charge on any atom is 0.397 e. The third-order valence-electron chi connectivity index (χ3n) is 7.58. The summed E-state index contributed by atoms with van der Waals surface area (Å²) in [5.41, 5.74) is 1.08. The minimum absolute atomic E-state index is 0.0643. The summed E-state index contributed by atoms with van der Waals surface area (Å²) in [6, 6.07) is 11.6. The molecule has 1 fully saturated rings. The Bertz CT molecular complexity index is 1780. The highest BCUT2D eigenvalue weighted by Crippen LogP contribution is 2.31. The molecule has 2 aliphatic rings. The molecule has 6 rings (SSSR count). The first-order chi connectivity index (χ1) is 21.2. The van der Waals surface area contributed by atoms with Gasteiger partial charge < -0.3 is 28.6 Å². The van der Waals surface area contributed by atoms with E-state index in [1.165, 1.54) is 6.20 Å². The van der Waals surface area contributed by atoms with Crippen molar-refractivity contribution in [1.29, 1.82) is 0 Å². The van der Waals surface area contributed by atoms with Gasteiger partial charge in [0.05, 0.1) is 17.9 Å². The number of anilines is 1. The van der Waals surface area contributed by atoms with E-state index < -0.39 is 37.6 Å². The number of ketones is 1. The number of allylic oxidation sites excluding steroid dienone is 4. The fourth-order valence-corrected chi connectivity index (χ4v) is 6.72. The van der Waals surface area contributed by atoms with Gasteiger partial charge in [-0.3, -0.25) is 4.79 Å². The van der Waals surface area contributed by atoms with Crippen molar-refractivity contribution >= 4 is 31.3 Å². The Morgan fingerprint density at radius 2 is 1.98 bits per heavy atom. The molecule has 0 saturated carbocycles. The molecule has 0 bridgehead atoms. The molecule has 1 aliphatic carbocycles. The third kappa shape index (κ3) is 6.45. The van der Waals surface area contributed by atoms with Crippen LogP contribution in [0.2, 0.25) is 6.04 Å². The second-order valence-corrected chi connectivity index (χ2v) is 12.8. The van der Waals surface area contributed by atoms with Crippen molar-refractivity contribution < 1.29 is 32.2 Å². The minimum Gasteiger partial charge on any atom is -0.491 e. The molecule has 8 nitrogen and oxygen atoms in total. The van der Waals surface area contributed by atoms with Gasteiger partial charge in [-0.25, -0.2) is 13.8 Å². The van der Waals surface area contributed by atoms with Crippen molar-refractivity contribution in [2.45, 2.75) is 38.2 Å². The lowest BCUT2D eigenvalue weighted by molar-refractivity contribution is -0.141. The van der Waals surface area contributed by atoms with E-state index in [-0.39, 0.29) is 23.3 Å². The van der Waals surface area contributed by atoms with Gasteiger partial charge in [0.15, 0.2) is 11.6 Å². The van der Waals surface area contributed by atoms with E-state index in [0.29, 0.717) is 41.6 Å². The van der Waals surface area contributed by atoms with Gasteiger partial charge in [-0.2, -0.15) is 0 Å². The SMILES string of the molecule is CC1(C)OCC(COc2ccc(-c3cnc4[nH]cc(C(=O)c5c(F)ccc(N[Si](=O)CC6C=CC=CC6)c5F)c4c3)cc2)O1. The van der Waals surface area contributed by atoms with Gasteiger partial charge in [0, 0.05) is 35.0 Å². The third-order valence-corrected chi connectivity index (χ3v) is 9.02. The number of rotatable bonds is 10. The minimum atomic E-state index is -2.45. The van der Waals surface area contributed by atoms with Crippen molar-refractivity contribution in [3.8, 4) is 16.9 Å². The van der Waals surface area contributed by atoms with Crippen LogP contribution in [0.1, 0.15) is 36.2 Å². The second-order valence-electron chi connectivity index (χ2n) is 11.3. The highest BCUT2D eigenvalue weighted by Gasteiger charge is 2.33. The number of fused-ring (bicyclic) bond motifs is 1. The van der Waals surface area contributed by atoms with Gasteiger partial charge in [0.1, 0.15) is 29.9 Å². The summed E-state index contributed by atoms with van der Waals surface area (Å²) in [4.78, 5) is 23.6. The van der Waals surface area contributed by atoms with Crippen molar-refractivity contribution in [3.05, 3.63) is 102 Å². The quantitative estimate of drug-likeness (QED) is 0.151. The number of nitrogens with one attached hydrogen (secondary N) is 2. The Kier molecular flexibility index (Phi) is 8.35. The van der Waals surface area contributed by atoms with Gasteiger partial charge in [0.25, 0.3) is 0 Å². The largest absolute Gasteiger partial charge is 0.491 e. The Hall–Kier alpha value is -4.32. The molecule has 1 aliphatic heterocycles. The van der Waals surface area contributed by atoms with Gasteiger partial charge in [-0.15, -0.1) is 0 Å². The fraction of sp³-hybridized carbons (Fsp3) is 0.273. The zero-order chi connectivity index (χ0) is 30.8. The number of aromatic nitrogens is 2. The average molecular weight is 616 g/mol. The smallest absolute Gasteiger partial charge is 0.397 e. The molecule has 44 heavy (non-hydrogen) atoms. The number of halogens is 2. The van der Waals surface area contributed by atoms with Crippen LogP contribution in [-0.2, 0) is 13.9 Å². The summed E-state index contributed by atoms with van der Waals surface area (Å²) in [6.45, 7) is 4.52. The lowest BCUT2D eigenvalue weighted by Gasteiger charge is -2.17. The lowest BCUT2D eigenvalue weighted by atomic mass is 10.00. The molecule has 2 aromatic carbocycles. The molecule has 1 saturated heterocycles. The number of carbonyl (C=O) groups excluding carboxylic acids is 1. The van der Waals surface area contributed by atoms with E-state index in [0.717, 1.165) is 24.1 Å². The summed E-state index contributed by atoms with van der Waals surface area (Å²) in [6.07, 6.45) is 11.3. The van der Waals surface area contributed by atoms with E-state index in [1.807, 2.05) is 62.4 Å². The topological polar surface area (TPSA) is 103 Å².